The topological polar surface area (TPSA) is 24.4 Å². The van der Waals surface area contributed by atoms with Crippen molar-refractivity contribution in [3.8, 4) is 0 Å². The Balaban J connectivity index is 3.03. The van der Waals surface area contributed by atoms with Crippen molar-refractivity contribution in [3.63, 3.8) is 0 Å². The fourth-order valence-corrected chi connectivity index (χ4v) is 1.29. The lowest BCUT2D eigenvalue weighted by atomic mass is 10.0. The Kier molecular flexibility index (Phi) is 2.85. The number of aliphatic imine (C=N–C) groups is 1. The Labute approximate surface area is 79.1 Å². The normalized spacial score (nSPS) is 17.4. The highest BCUT2D eigenvalue weighted by atomic mass is 14.9. The maximum Gasteiger partial charge on any atom is 0.0400 e. The van der Waals surface area contributed by atoms with Crippen LogP contribution >= 0.6 is 0 Å². The number of hydrogen-bond donors (Lipinski definition) is 1. The summed E-state index contributed by atoms with van der Waals surface area (Å²) >= 11 is 0. The van der Waals surface area contributed by atoms with Gasteiger partial charge in [-0.2, -0.15) is 0 Å². The molecule has 0 spiro atoms. The first kappa shape index (κ1) is 9.52. The van der Waals surface area contributed by atoms with Crippen molar-refractivity contribution in [1.29, 1.82) is 0 Å². The van der Waals surface area contributed by atoms with Gasteiger partial charge in [0.25, 0.3) is 0 Å². The van der Waals surface area contributed by atoms with Crippen LogP contribution in [0.4, 0.5) is 0 Å². The monoisotopic (exact) mass is 174 g/mol. The molecule has 1 rings (SSSR count). The third kappa shape index (κ3) is 2.18. The predicted octanol–water partition coefficient (Wildman–Crippen LogP) is 2.54. The molecule has 0 atom stereocenters. The standard InChI is InChI=1S/C11H14N2/c1-5-12-7-11-8(2)6-9(3)13-10(11)4/h5-7,13H,1,4H2,2-3H3/b12-7-. The van der Waals surface area contributed by atoms with Crippen molar-refractivity contribution >= 4 is 6.21 Å². The summed E-state index contributed by atoms with van der Waals surface area (Å²) in [5.41, 5.74) is 4.21. The van der Waals surface area contributed by atoms with Crippen molar-refractivity contribution in [2.75, 3.05) is 0 Å². The molecule has 2 nitrogen and oxygen atoms in total. The van der Waals surface area contributed by atoms with Gasteiger partial charge in [0.05, 0.1) is 0 Å². The molecule has 0 radical (unpaired) electrons. The van der Waals surface area contributed by atoms with E-state index in [2.05, 4.69) is 29.5 Å². The SMILES string of the molecule is C=C/N=C\C1=C(C)C=C(C)NC1=C. The molecule has 0 amide bonds. The zero-order valence-corrected chi connectivity index (χ0v) is 8.09. The first-order valence-electron chi connectivity index (χ1n) is 4.14. The Bertz CT molecular complexity index is 330. The molecule has 2 heteroatoms. The van der Waals surface area contributed by atoms with Crippen LogP contribution in [0.2, 0.25) is 0 Å². The summed E-state index contributed by atoms with van der Waals surface area (Å²) in [7, 11) is 0. The van der Waals surface area contributed by atoms with Gasteiger partial charge in [0, 0.05) is 29.4 Å². The number of hydrogen-bond acceptors (Lipinski definition) is 2. The molecule has 0 aromatic rings. The summed E-state index contributed by atoms with van der Waals surface area (Å²) in [4.78, 5) is 3.97. The number of dihydropyridines is 1. The van der Waals surface area contributed by atoms with Crippen LogP contribution in [-0.2, 0) is 0 Å². The Morgan fingerprint density at radius 2 is 2.15 bits per heavy atom. The van der Waals surface area contributed by atoms with Gasteiger partial charge in [-0.05, 0) is 25.5 Å². The molecule has 1 heterocycles. The van der Waals surface area contributed by atoms with E-state index >= 15 is 0 Å². The molecular weight excluding hydrogens is 160 g/mol. The molecule has 13 heavy (non-hydrogen) atoms. The van der Waals surface area contributed by atoms with E-state index in [-0.39, 0.29) is 0 Å². The maximum atomic E-state index is 3.97. The summed E-state index contributed by atoms with van der Waals surface area (Å²) < 4.78 is 0. The maximum absolute atomic E-state index is 3.97. The molecule has 0 saturated carbocycles. The predicted molar refractivity (Wildman–Crippen MR) is 57.4 cm³/mol. The highest BCUT2D eigenvalue weighted by Gasteiger charge is 2.08. The Morgan fingerprint density at radius 3 is 2.69 bits per heavy atom. The second kappa shape index (κ2) is 3.90. The van der Waals surface area contributed by atoms with Crippen LogP contribution in [0.15, 0.2) is 53.0 Å². The lowest BCUT2D eigenvalue weighted by molar-refractivity contribution is 0.970. The lowest BCUT2D eigenvalue weighted by Crippen LogP contribution is -2.17. The molecule has 0 aromatic carbocycles. The van der Waals surface area contributed by atoms with Crippen molar-refractivity contribution in [2.45, 2.75) is 13.8 Å². The molecular formula is C11H14N2. The van der Waals surface area contributed by atoms with Gasteiger partial charge in [0.2, 0.25) is 0 Å². The fourth-order valence-electron chi connectivity index (χ4n) is 1.29. The highest BCUT2D eigenvalue weighted by Crippen LogP contribution is 2.17. The van der Waals surface area contributed by atoms with Gasteiger partial charge in [0.1, 0.15) is 0 Å². The van der Waals surface area contributed by atoms with E-state index in [1.807, 2.05) is 13.8 Å². The number of nitrogens with zero attached hydrogens (tertiary/aromatic N) is 1. The molecule has 0 aromatic heterocycles. The number of nitrogens with one attached hydrogen (secondary N) is 1. The van der Waals surface area contributed by atoms with E-state index in [1.165, 1.54) is 11.8 Å². The first-order valence-corrected chi connectivity index (χ1v) is 4.14. The molecule has 1 aliphatic heterocycles. The first-order chi connectivity index (χ1) is 6.15. The summed E-state index contributed by atoms with van der Waals surface area (Å²) in [6.07, 6.45) is 5.35. The van der Waals surface area contributed by atoms with Crippen LogP contribution in [0.3, 0.4) is 0 Å². The Hall–Kier alpha value is -1.57. The third-order valence-corrected chi connectivity index (χ3v) is 1.84. The van der Waals surface area contributed by atoms with Crippen molar-refractivity contribution in [2.24, 2.45) is 4.99 Å². The average Bonchev–Trinajstić information content (AvgIpc) is 2.02. The minimum absolute atomic E-state index is 0.892. The van der Waals surface area contributed by atoms with Crippen molar-refractivity contribution < 1.29 is 0 Å². The van der Waals surface area contributed by atoms with E-state index in [4.69, 9.17) is 0 Å². The third-order valence-electron chi connectivity index (χ3n) is 1.84. The fraction of sp³-hybridized carbons (Fsp3) is 0.182. The summed E-state index contributed by atoms with van der Waals surface area (Å²) in [6, 6.07) is 0. The zero-order valence-electron chi connectivity index (χ0n) is 8.09. The highest BCUT2D eigenvalue weighted by molar-refractivity contribution is 5.87. The van der Waals surface area contributed by atoms with Crippen LogP contribution in [0, 0.1) is 0 Å². The number of allylic oxidation sites excluding steroid dienone is 4. The van der Waals surface area contributed by atoms with Gasteiger partial charge in [0.15, 0.2) is 0 Å². The van der Waals surface area contributed by atoms with Gasteiger partial charge < -0.3 is 5.32 Å². The van der Waals surface area contributed by atoms with Crippen LogP contribution in [0.1, 0.15) is 13.8 Å². The molecule has 0 bridgehead atoms. The second-order valence-electron chi connectivity index (χ2n) is 2.99. The van der Waals surface area contributed by atoms with Gasteiger partial charge in [-0.15, -0.1) is 0 Å². The molecule has 68 valence electrons. The molecule has 1 N–H and O–H groups in total. The molecule has 0 aliphatic carbocycles. The quantitative estimate of drug-likeness (QED) is 0.639. The molecule has 0 unspecified atom stereocenters. The molecule has 0 fully saturated rings. The summed E-state index contributed by atoms with van der Waals surface area (Å²) in [6.45, 7) is 11.5. The van der Waals surface area contributed by atoms with E-state index in [9.17, 15) is 0 Å². The van der Waals surface area contributed by atoms with Crippen LogP contribution in [-0.4, -0.2) is 6.21 Å². The van der Waals surface area contributed by atoms with Gasteiger partial charge in [-0.3, -0.25) is 4.99 Å². The van der Waals surface area contributed by atoms with Gasteiger partial charge >= 0.3 is 0 Å². The smallest absolute Gasteiger partial charge is 0.0400 e. The zero-order chi connectivity index (χ0) is 9.84. The van der Waals surface area contributed by atoms with Crippen LogP contribution < -0.4 is 5.32 Å². The minimum atomic E-state index is 0.892. The van der Waals surface area contributed by atoms with E-state index in [0.717, 1.165) is 17.0 Å². The van der Waals surface area contributed by atoms with E-state index in [0.29, 0.717) is 0 Å². The molecule has 0 saturated heterocycles. The lowest BCUT2D eigenvalue weighted by Gasteiger charge is -2.17. The van der Waals surface area contributed by atoms with Crippen LogP contribution in [0.5, 0.6) is 0 Å². The van der Waals surface area contributed by atoms with Crippen LogP contribution in [0.25, 0.3) is 0 Å². The number of rotatable bonds is 2. The summed E-state index contributed by atoms with van der Waals surface area (Å²) in [5.74, 6) is 0. The van der Waals surface area contributed by atoms with E-state index in [1.54, 1.807) is 6.21 Å². The van der Waals surface area contributed by atoms with Crippen molar-refractivity contribution in [3.05, 3.63) is 48.0 Å². The molecule has 1 aliphatic rings. The average molecular weight is 174 g/mol. The van der Waals surface area contributed by atoms with Gasteiger partial charge in [-0.1, -0.05) is 13.2 Å². The van der Waals surface area contributed by atoms with E-state index < -0.39 is 0 Å². The minimum Gasteiger partial charge on any atom is -0.359 e. The second-order valence-corrected chi connectivity index (χ2v) is 2.99. The van der Waals surface area contributed by atoms with Crippen molar-refractivity contribution in [1.82, 2.24) is 5.32 Å². The van der Waals surface area contributed by atoms with Gasteiger partial charge in [-0.25, -0.2) is 0 Å². The largest absolute Gasteiger partial charge is 0.359 e. The Morgan fingerprint density at radius 1 is 1.46 bits per heavy atom. The summed E-state index contributed by atoms with van der Waals surface area (Å²) in [5, 5.41) is 3.15.